The van der Waals surface area contributed by atoms with Gasteiger partial charge in [-0.05, 0) is 6.42 Å². The highest BCUT2D eigenvalue weighted by Crippen LogP contribution is 2.46. The fourth-order valence-corrected chi connectivity index (χ4v) is 1.12. The van der Waals surface area contributed by atoms with Crippen LogP contribution >= 0.6 is 0 Å². The van der Waals surface area contributed by atoms with Crippen LogP contribution < -0.4 is 5.43 Å². The van der Waals surface area contributed by atoms with E-state index in [0.29, 0.717) is 6.42 Å². The summed E-state index contributed by atoms with van der Waals surface area (Å²) in [7, 11) is 0. The van der Waals surface area contributed by atoms with Gasteiger partial charge in [-0.2, -0.15) is 5.10 Å². The van der Waals surface area contributed by atoms with E-state index in [2.05, 4.69) is 10.5 Å². The Morgan fingerprint density at radius 3 is 3.00 bits per heavy atom. The number of carboxylic acid groups (broad SMARTS) is 1. The summed E-state index contributed by atoms with van der Waals surface area (Å²) in [5.41, 5.74) is 2.08. The molecule has 0 aromatic rings. The molecular formula is C5H6N2O2. The molecule has 9 heavy (non-hydrogen) atoms. The van der Waals surface area contributed by atoms with Crippen molar-refractivity contribution >= 4 is 12.2 Å². The van der Waals surface area contributed by atoms with Gasteiger partial charge in [0.25, 0.3) is 0 Å². The summed E-state index contributed by atoms with van der Waals surface area (Å²) in [5.74, 6) is -0.763. The molecule has 2 atom stereocenters. The zero-order valence-corrected chi connectivity index (χ0v) is 4.66. The Labute approximate surface area is 51.6 Å². The third kappa shape index (κ3) is 0.386. The van der Waals surface area contributed by atoms with Crippen molar-refractivity contribution in [1.82, 2.24) is 5.43 Å². The maximum Gasteiger partial charge on any atom is 0.317 e. The van der Waals surface area contributed by atoms with Crippen LogP contribution in [0.15, 0.2) is 5.10 Å². The van der Waals surface area contributed by atoms with E-state index in [1.165, 1.54) is 6.21 Å². The van der Waals surface area contributed by atoms with E-state index in [0.717, 1.165) is 0 Å². The highest BCUT2D eigenvalue weighted by molar-refractivity contribution is 6.00. The molecule has 4 nitrogen and oxygen atoms in total. The molecule has 2 rings (SSSR count). The molecule has 4 heteroatoms. The van der Waals surface area contributed by atoms with Gasteiger partial charge in [0.15, 0.2) is 0 Å². The third-order valence-corrected chi connectivity index (χ3v) is 1.93. The van der Waals surface area contributed by atoms with Crippen LogP contribution in [0.2, 0.25) is 0 Å². The van der Waals surface area contributed by atoms with E-state index in [4.69, 9.17) is 5.11 Å². The van der Waals surface area contributed by atoms with E-state index in [1.54, 1.807) is 0 Å². The van der Waals surface area contributed by atoms with E-state index in [9.17, 15) is 4.79 Å². The first-order valence-electron chi connectivity index (χ1n) is 2.79. The molecule has 2 aliphatic rings. The SMILES string of the molecule is O=C(O)[C@]12C=NNC1C2. The number of nitrogens with one attached hydrogen (secondary N) is 1. The van der Waals surface area contributed by atoms with Crippen molar-refractivity contribution < 1.29 is 9.90 Å². The fourth-order valence-electron chi connectivity index (χ4n) is 1.12. The average Bonchev–Trinajstić information content (AvgIpc) is 2.38. The van der Waals surface area contributed by atoms with Crippen LogP contribution in [-0.2, 0) is 4.79 Å². The van der Waals surface area contributed by atoms with Gasteiger partial charge in [-0.15, -0.1) is 0 Å². The Morgan fingerprint density at radius 1 is 2.00 bits per heavy atom. The topological polar surface area (TPSA) is 61.7 Å². The predicted molar refractivity (Wildman–Crippen MR) is 30.1 cm³/mol. The summed E-state index contributed by atoms with van der Waals surface area (Å²) < 4.78 is 0. The number of aliphatic carboxylic acids is 1. The molecule has 1 aliphatic heterocycles. The van der Waals surface area contributed by atoms with Crippen molar-refractivity contribution in [1.29, 1.82) is 0 Å². The predicted octanol–water partition coefficient (Wildman–Crippen LogP) is -0.581. The van der Waals surface area contributed by atoms with Crippen molar-refractivity contribution in [3.05, 3.63) is 0 Å². The number of hydrogen-bond acceptors (Lipinski definition) is 3. The standard InChI is InChI=1S/C5H6N2O2/c8-4(9)5-1-3(5)7-6-2-5/h2-3,7H,1H2,(H,8,9)/t3?,5-/m1/s1. The molecule has 1 fully saturated rings. The quantitative estimate of drug-likeness (QED) is 0.494. The van der Waals surface area contributed by atoms with Gasteiger partial charge < -0.3 is 10.5 Å². The number of rotatable bonds is 1. The van der Waals surface area contributed by atoms with Crippen LogP contribution in [0.4, 0.5) is 0 Å². The van der Waals surface area contributed by atoms with Crippen molar-refractivity contribution in [3.8, 4) is 0 Å². The Morgan fingerprint density at radius 2 is 2.78 bits per heavy atom. The van der Waals surface area contributed by atoms with Gasteiger partial charge in [-0.1, -0.05) is 0 Å². The van der Waals surface area contributed by atoms with Crippen molar-refractivity contribution in [3.63, 3.8) is 0 Å². The molecule has 0 amide bonds. The number of carboxylic acids is 1. The Kier molecular flexibility index (Phi) is 0.583. The van der Waals surface area contributed by atoms with E-state index in [1.807, 2.05) is 0 Å². The molecule has 1 heterocycles. The van der Waals surface area contributed by atoms with Gasteiger partial charge in [0.1, 0.15) is 5.41 Å². The Bertz CT molecular complexity index is 201. The minimum absolute atomic E-state index is 0.0787. The molecule has 0 spiro atoms. The number of carbonyl (C=O) groups is 1. The molecule has 48 valence electrons. The summed E-state index contributed by atoms with van der Waals surface area (Å²) in [6, 6.07) is 0.0787. The lowest BCUT2D eigenvalue weighted by Crippen LogP contribution is -2.19. The minimum atomic E-state index is -0.763. The summed E-state index contributed by atoms with van der Waals surface area (Å²) in [6.07, 6.45) is 2.19. The van der Waals surface area contributed by atoms with Gasteiger partial charge in [0.2, 0.25) is 0 Å². The second-order valence-electron chi connectivity index (χ2n) is 2.49. The zero-order valence-electron chi connectivity index (χ0n) is 4.66. The minimum Gasteiger partial charge on any atom is -0.480 e. The average molecular weight is 126 g/mol. The summed E-state index contributed by atoms with van der Waals surface area (Å²) in [4.78, 5) is 10.4. The maximum atomic E-state index is 10.4. The lowest BCUT2D eigenvalue weighted by atomic mass is 10.1. The molecule has 0 aromatic heterocycles. The summed E-state index contributed by atoms with van der Waals surface area (Å²) >= 11 is 0. The Balaban J connectivity index is 2.29. The largest absolute Gasteiger partial charge is 0.480 e. The smallest absolute Gasteiger partial charge is 0.317 e. The summed E-state index contributed by atoms with van der Waals surface area (Å²) in [5, 5.41) is 12.2. The van der Waals surface area contributed by atoms with Gasteiger partial charge in [0, 0.05) is 6.21 Å². The van der Waals surface area contributed by atoms with Crippen molar-refractivity contribution in [2.24, 2.45) is 10.5 Å². The van der Waals surface area contributed by atoms with E-state index >= 15 is 0 Å². The molecule has 0 radical (unpaired) electrons. The van der Waals surface area contributed by atoms with Crippen molar-refractivity contribution in [2.75, 3.05) is 0 Å². The number of hydrazone groups is 1. The molecule has 1 saturated carbocycles. The highest BCUT2D eigenvalue weighted by Gasteiger charge is 2.62. The first-order valence-corrected chi connectivity index (χ1v) is 2.79. The third-order valence-electron chi connectivity index (χ3n) is 1.93. The molecule has 2 N–H and O–H groups in total. The summed E-state index contributed by atoms with van der Waals surface area (Å²) in [6.45, 7) is 0. The second kappa shape index (κ2) is 1.10. The van der Waals surface area contributed by atoms with Gasteiger partial charge >= 0.3 is 5.97 Å². The first kappa shape index (κ1) is 4.78. The van der Waals surface area contributed by atoms with Crippen LogP contribution in [0.3, 0.4) is 0 Å². The number of hydrogen-bond donors (Lipinski definition) is 2. The highest BCUT2D eigenvalue weighted by atomic mass is 16.4. The lowest BCUT2D eigenvalue weighted by molar-refractivity contribution is -0.140. The lowest BCUT2D eigenvalue weighted by Gasteiger charge is -1.94. The van der Waals surface area contributed by atoms with Crippen LogP contribution in [0.5, 0.6) is 0 Å². The normalized spacial score (nSPS) is 43.8. The molecule has 0 bridgehead atoms. The number of fused-ring (bicyclic) bond motifs is 1. The van der Waals surface area contributed by atoms with Crippen LogP contribution in [0.25, 0.3) is 0 Å². The van der Waals surface area contributed by atoms with Crippen LogP contribution in [0.1, 0.15) is 6.42 Å². The molecule has 0 aromatic carbocycles. The van der Waals surface area contributed by atoms with Gasteiger partial charge in [-0.25, -0.2) is 0 Å². The molecule has 1 aliphatic carbocycles. The van der Waals surface area contributed by atoms with Gasteiger partial charge in [0.05, 0.1) is 6.04 Å². The first-order chi connectivity index (χ1) is 4.26. The fraction of sp³-hybridized carbons (Fsp3) is 0.600. The molecule has 1 unspecified atom stereocenters. The zero-order chi connectivity index (χ0) is 6.48. The Hall–Kier alpha value is -1.06. The van der Waals surface area contributed by atoms with Crippen LogP contribution in [-0.4, -0.2) is 23.3 Å². The van der Waals surface area contributed by atoms with E-state index < -0.39 is 11.4 Å². The van der Waals surface area contributed by atoms with Crippen LogP contribution in [0, 0.1) is 5.41 Å². The second-order valence-corrected chi connectivity index (χ2v) is 2.49. The maximum absolute atomic E-state index is 10.4. The molecule has 0 saturated heterocycles. The monoisotopic (exact) mass is 126 g/mol. The van der Waals surface area contributed by atoms with Crippen molar-refractivity contribution in [2.45, 2.75) is 12.5 Å². The number of nitrogens with zero attached hydrogens (tertiary/aromatic N) is 1. The van der Waals surface area contributed by atoms with Gasteiger partial charge in [-0.3, -0.25) is 4.79 Å². The molecular weight excluding hydrogens is 120 g/mol. The van der Waals surface area contributed by atoms with E-state index in [-0.39, 0.29) is 6.04 Å².